The SMILES string of the molecule is CCOC(=O)C(=Nc1ccccc1)C(N=[N+]=[N-])(N=[N+]=[N-])C(=O)OCC. The van der Waals surface area contributed by atoms with Crippen LogP contribution >= 0.6 is 0 Å². The van der Waals surface area contributed by atoms with Crippen molar-refractivity contribution in [1.29, 1.82) is 0 Å². The first-order valence-electron chi connectivity index (χ1n) is 7.16. The highest BCUT2D eigenvalue weighted by molar-refractivity contribution is 6.45. The molecule has 0 bridgehead atoms. The van der Waals surface area contributed by atoms with Crippen LogP contribution in [0.1, 0.15) is 13.8 Å². The molecule has 0 saturated heterocycles. The van der Waals surface area contributed by atoms with Gasteiger partial charge in [0, 0.05) is 9.82 Å². The van der Waals surface area contributed by atoms with E-state index < -0.39 is 23.3 Å². The van der Waals surface area contributed by atoms with E-state index in [0.717, 1.165) is 0 Å². The number of ether oxygens (including phenoxy) is 2. The maximum Gasteiger partial charge on any atom is 0.354 e. The fourth-order valence-corrected chi connectivity index (χ4v) is 1.75. The predicted octanol–water partition coefficient (Wildman–Crippen LogP) is 3.20. The first-order valence-corrected chi connectivity index (χ1v) is 7.16. The standard InChI is InChI=1S/C14H15N7O4/c1-3-24-12(22)11(17-10-8-6-5-7-9-10)14(18-20-15,19-21-16)13(23)25-4-2/h5-9H,3-4H2,1-2H3. The third-order valence-electron chi connectivity index (χ3n) is 2.74. The van der Waals surface area contributed by atoms with Gasteiger partial charge in [-0.15, -0.1) is 0 Å². The molecular weight excluding hydrogens is 330 g/mol. The lowest BCUT2D eigenvalue weighted by molar-refractivity contribution is -0.148. The molecule has 0 heterocycles. The van der Waals surface area contributed by atoms with Crippen LogP contribution in [0.15, 0.2) is 45.6 Å². The normalized spacial score (nSPS) is 12.8. The average Bonchev–Trinajstić information content (AvgIpc) is 2.60. The third-order valence-corrected chi connectivity index (χ3v) is 2.74. The van der Waals surface area contributed by atoms with Gasteiger partial charge in [-0.05, 0) is 37.0 Å². The van der Waals surface area contributed by atoms with E-state index in [4.69, 9.17) is 20.5 Å². The molecule has 1 aromatic rings. The van der Waals surface area contributed by atoms with Crippen LogP contribution in [0.3, 0.4) is 0 Å². The number of rotatable bonds is 8. The van der Waals surface area contributed by atoms with Gasteiger partial charge in [0.1, 0.15) is 0 Å². The third kappa shape index (κ3) is 4.71. The van der Waals surface area contributed by atoms with Crippen molar-refractivity contribution in [3.8, 4) is 0 Å². The molecule has 0 unspecified atom stereocenters. The van der Waals surface area contributed by atoms with E-state index >= 15 is 0 Å². The van der Waals surface area contributed by atoms with E-state index in [0.29, 0.717) is 0 Å². The van der Waals surface area contributed by atoms with Crippen molar-refractivity contribution < 1.29 is 19.1 Å². The summed E-state index contributed by atoms with van der Waals surface area (Å²) in [5.41, 5.74) is 14.6. The number of azide groups is 1. The first-order chi connectivity index (χ1) is 12.1. The van der Waals surface area contributed by atoms with Crippen molar-refractivity contribution in [2.75, 3.05) is 13.2 Å². The Morgan fingerprint density at radius 2 is 1.60 bits per heavy atom. The molecule has 0 saturated carbocycles. The monoisotopic (exact) mass is 345 g/mol. The Bertz CT molecular complexity index is 732. The minimum atomic E-state index is -2.67. The lowest BCUT2D eigenvalue weighted by atomic mass is 10.1. The van der Waals surface area contributed by atoms with Crippen molar-refractivity contribution in [3.63, 3.8) is 0 Å². The molecule has 0 aromatic heterocycles. The van der Waals surface area contributed by atoms with Gasteiger partial charge >= 0.3 is 11.9 Å². The second-order valence-electron chi connectivity index (χ2n) is 4.29. The Kier molecular flexibility index (Phi) is 7.45. The summed E-state index contributed by atoms with van der Waals surface area (Å²) in [4.78, 5) is 33.7. The van der Waals surface area contributed by atoms with E-state index in [-0.39, 0.29) is 18.9 Å². The minimum Gasteiger partial charge on any atom is -0.465 e. The van der Waals surface area contributed by atoms with Gasteiger partial charge < -0.3 is 9.47 Å². The second kappa shape index (κ2) is 9.56. The number of hydrogen-bond acceptors (Lipinski definition) is 7. The predicted molar refractivity (Wildman–Crippen MR) is 87.8 cm³/mol. The molecule has 0 spiro atoms. The lowest BCUT2D eigenvalue weighted by Crippen LogP contribution is -2.48. The molecule has 130 valence electrons. The maximum atomic E-state index is 12.3. The number of carbonyl (C=O) groups is 2. The summed E-state index contributed by atoms with van der Waals surface area (Å²) in [7, 11) is 0. The molecule has 0 N–H and O–H groups in total. The van der Waals surface area contributed by atoms with Crippen LogP contribution in [-0.2, 0) is 19.1 Å². The minimum absolute atomic E-state index is 0.0436. The van der Waals surface area contributed by atoms with E-state index in [9.17, 15) is 9.59 Å². The molecule has 11 nitrogen and oxygen atoms in total. The molecule has 0 atom stereocenters. The van der Waals surface area contributed by atoms with Crippen LogP contribution in [-0.4, -0.2) is 36.5 Å². The molecule has 11 heteroatoms. The fourth-order valence-electron chi connectivity index (χ4n) is 1.75. The summed E-state index contributed by atoms with van der Waals surface area (Å²) < 4.78 is 9.66. The van der Waals surface area contributed by atoms with Crippen LogP contribution in [0.25, 0.3) is 20.9 Å². The highest BCUT2D eigenvalue weighted by Crippen LogP contribution is 2.24. The van der Waals surface area contributed by atoms with Gasteiger partial charge in [0.25, 0.3) is 5.66 Å². The second-order valence-corrected chi connectivity index (χ2v) is 4.29. The molecule has 0 radical (unpaired) electrons. The van der Waals surface area contributed by atoms with Gasteiger partial charge in [-0.3, -0.25) is 4.79 Å². The van der Waals surface area contributed by atoms with Gasteiger partial charge in [-0.25, -0.2) is 9.79 Å². The fraction of sp³-hybridized carbons (Fsp3) is 0.357. The summed E-state index contributed by atoms with van der Waals surface area (Å²) in [6, 6.07) is 8.04. The highest BCUT2D eigenvalue weighted by atomic mass is 16.5. The zero-order valence-electron chi connectivity index (χ0n) is 13.6. The van der Waals surface area contributed by atoms with Gasteiger partial charge in [0.05, 0.1) is 18.9 Å². The summed E-state index contributed by atoms with van der Waals surface area (Å²) in [5, 5.41) is 6.44. The molecule has 25 heavy (non-hydrogen) atoms. The largest absolute Gasteiger partial charge is 0.465 e. The molecule has 0 aliphatic rings. The zero-order chi connectivity index (χ0) is 18.7. The number of aliphatic imine (C=N–C) groups is 1. The van der Waals surface area contributed by atoms with E-state index in [2.05, 4.69) is 25.0 Å². The molecule has 0 amide bonds. The Morgan fingerprint density at radius 3 is 2.08 bits per heavy atom. The lowest BCUT2D eigenvalue weighted by Gasteiger charge is -2.22. The summed E-state index contributed by atoms with van der Waals surface area (Å²) >= 11 is 0. The number of para-hydroxylation sites is 1. The smallest absolute Gasteiger partial charge is 0.354 e. The van der Waals surface area contributed by atoms with Crippen molar-refractivity contribution in [3.05, 3.63) is 51.2 Å². The quantitative estimate of drug-likeness (QED) is 0.232. The molecule has 0 fully saturated rings. The van der Waals surface area contributed by atoms with Gasteiger partial charge in [0.15, 0.2) is 5.71 Å². The maximum absolute atomic E-state index is 12.3. The zero-order valence-corrected chi connectivity index (χ0v) is 13.6. The number of carbonyl (C=O) groups excluding carboxylic acids is 2. The van der Waals surface area contributed by atoms with Crippen LogP contribution in [0, 0.1) is 0 Å². The van der Waals surface area contributed by atoms with Crippen LogP contribution in [0.4, 0.5) is 5.69 Å². The van der Waals surface area contributed by atoms with Gasteiger partial charge in [-0.2, -0.15) is 0 Å². The van der Waals surface area contributed by atoms with Gasteiger partial charge in [0.2, 0.25) is 0 Å². The van der Waals surface area contributed by atoms with Crippen LogP contribution < -0.4 is 0 Å². The van der Waals surface area contributed by atoms with Crippen LogP contribution in [0.5, 0.6) is 0 Å². The Morgan fingerprint density at radius 1 is 1.04 bits per heavy atom. The average molecular weight is 345 g/mol. The number of esters is 2. The molecule has 1 rings (SSSR count). The number of hydrogen-bond donors (Lipinski definition) is 0. The summed E-state index contributed by atoms with van der Waals surface area (Å²) in [6.45, 7) is 2.88. The van der Waals surface area contributed by atoms with E-state index in [1.807, 2.05) is 0 Å². The Balaban J connectivity index is 3.71. The number of benzene rings is 1. The highest BCUT2D eigenvalue weighted by Gasteiger charge is 2.48. The number of nitrogens with zero attached hydrogens (tertiary/aromatic N) is 7. The van der Waals surface area contributed by atoms with E-state index in [1.54, 1.807) is 18.2 Å². The molecular formula is C14H15N7O4. The van der Waals surface area contributed by atoms with Gasteiger partial charge in [-0.1, -0.05) is 28.4 Å². The van der Waals surface area contributed by atoms with Crippen molar-refractivity contribution in [2.24, 2.45) is 15.2 Å². The Hall–Kier alpha value is -3.55. The van der Waals surface area contributed by atoms with E-state index in [1.165, 1.54) is 26.0 Å². The van der Waals surface area contributed by atoms with Crippen molar-refractivity contribution in [2.45, 2.75) is 19.5 Å². The van der Waals surface area contributed by atoms with Crippen LogP contribution in [0.2, 0.25) is 0 Å². The molecule has 0 aliphatic carbocycles. The first kappa shape index (κ1) is 19.5. The van der Waals surface area contributed by atoms with Crippen molar-refractivity contribution in [1.82, 2.24) is 0 Å². The topological polar surface area (TPSA) is 162 Å². The summed E-state index contributed by atoms with van der Waals surface area (Å²) in [6.07, 6.45) is 0. The molecule has 1 aromatic carbocycles. The summed E-state index contributed by atoms with van der Waals surface area (Å²) in [5.74, 6) is -2.33. The Labute approximate surface area is 142 Å². The molecule has 0 aliphatic heterocycles. The van der Waals surface area contributed by atoms with Crippen molar-refractivity contribution >= 4 is 23.3 Å².